The number of benzene rings is 1. The summed E-state index contributed by atoms with van der Waals surface area (Å²) in [6, 6.07) is 7.72. The number of carbonyl (C=O) groups is 1. The lowest BCUT2D eigenvalue weighted by Crippen LogP contribution is -2.37. The highest BCUT2D eigenvalue weighted by Gasteiger charge is 2.23. The molecule has 10 heteroatoms. The van der Waals surface area contributed by atoms with E-state index in [9.17, 15) is 4.79 Å². The summed E-state index contributed by atoms with van der Waals surface area (Å²) in [5.74, 6) is 1.39. The molecule has 152 valence electrons. The number of amides is 1. The number of nitrogens with zero attached hydrogens (tertiary/aromatic N) is 4. The van der Waals surface area contributed by atoms with E-state index in [0.29, 0.717) is 25.7 Å². The molecule has 0 bridgehead atoms. The van der Waals surface area contributed by atoms with Gasteiger partial charge in [0.05, 0.1) is 6.54 Å². The molecule has 1 amide bonds. The van der Waals surface area contributed by atoms with Crippen molar-refractivity contribution in [3.63, 3.8) is 0 Å². The van der Waals surface area contributed by atoms with Gasteiger partial charge < -0.3 is 20.7 Å². The number of rotatable bonds is 6. The van der Waals surface area contributed by atoms with E-state index in [-0.39, 0.29) is 36.0 Å². The van der Waals surface area contributed by atoms with Gasteiger partial charge >= 0.3 is 0 Å². The van der Waals surface area contributed by atoms with Gasteiger partial charge in [-0.05, 0) is 30.5 Å². The lowest BCUT2D eigenvalue weighted by atomic mass is 10.2. The van der Waals surface area contributed by atoms with E-state index >= 15 is 0 Å². The predicted octanol–water partition coefficient (Wildman–Crippen LogP) is 1.42. The number of aryl methyl sites for hydroxylation is 1. The number of carbonyl (C=O) groups excluding carboxylic acids is 1. The number of nitrogens with one attached hydrogen (secondary N) is 3. The van der Waals surface area contributed by atoms with Crippen LogP contribution in [0.1, 0.15) is 24.2 Å². The van der Waals surface area contributed by atoms with E-state index in [1.165, 1.54) is 6.33 Å². The third-order valence-electron chi connectivity index (χ3n) is 4.32. The summed E-state index contributed by atoms with van der Waals surface area (Å²) >= 11 is 0. The van der Waals surface area contributed by atoms with Crippen LogP contribution in [0, 0.1) is 0 Å². The molecule has 0 aliphatic carbocycles. The molecule has 2 heterocycles. The van der Waals surface area contributed by atoms with Gasteiger partial charge in [-0.3, -0.25) is 14.5 Å². The third-order valence-corrected chi connectivity index (χ3v) is 4.32. The Labute approximate surface area is 181 Å². The Morgan fingerprint density at radius 1 is 1.36 bits per heavy atom. The lowest BCUT2D eigenvalue weighted by molar-refractivity contribution is -0.124. The summed E-state index contributed by atoms with van der Waals surface area (Å²) in [7, 11) is 3.56. The summed E-state index contributed by atoms with van der Waals surface area (Å²) < 4.78 is 7.13. The van der Waals surface area contributed by atoms with E-state index < -0.39 is 0 Å². The first kappa shape index (κ1) is 22.1. The molecule has 3 N–H and O–H groups in total. The van der Waals surface area contributed by atoms with E-state index in [1.54, 1.807) is 11.7 Å². The molecule has 0 radical (unpaired) electrons. The van der Waals surface area contributed by atoms with Crippen LogP contribution in [-0.4, -0.2) is 46.4 Å². The van der Waals surface area contributed by atoms with Crippen molar-refractivity contribution in [2.75, 3.05) is 19.0 Å². The van der Waals surface area contributed by atoms with Crippen molar-refractivity contribution in [2.45, 2.75) is 32.0 Å². The second kappa shape index (κ2) is 11.0. The zero-order valence-electron chi connectivity index (χ0n) is 16.0. The van der Waals surface area contributed by atoms with E-state index in [2.05, 4.69) is 31.0 Å². The van der Waals surface area contributed by atoms with Crippen LogP contribution in [0.5, 0.6) is 0 Å². The lowest BCUT2D eigenvalue weighted by Gasteiger charge is -2.13. The fourth-order valence-electron chi connectivity index (χ4n) is 2.82. The van der Waals surface area contributed by atoms with Gasteiger partial charge in [-0.2, -0.15) is 5.10 Å². The second-order valence-corrected chi connectivity index (χ2v) is 6.27. The highest BCUT2D eigenvalue weighted by Crippen LogP contribution is 2.16. The van der Waals surface area contributed by atoms with Gasteiger partial charge in [0.1, 0.15) is 18.3 Å². The Kier molecular flexibility index (Phi) is 8.64. The number of aromatic nitrogens is 3. The molecule has 1 unspecified atom stereocenters. The maximum atomic E-state index is 12.2. The molecule has 1 aliphatic rings. The average Bonchev–Trinajstić information content (AvgIpc) is 3.34. The van der Waals surface area contributed by atoms with Gasteiger partial charge in [0.25, 0.3) is 5.91 Å². The topological polar surface area (TPSA) is 105 Å². The summed E-state index contributed by atoms with van der Waals surface area (Å²) in [6.07, 6.45) is 2.89. The van der Waals surface area contributed by atoms with Crippen LogP contribution in [0.2, 0.25) is 0 Å². The maximum absolute atomic E-state index is 12.2. The quantitative estimate of drug-likeness (QED) is 0.316. The molecular formula is C18H26IN7O2. The standard InChI is InChI=1S/C18H25N7O2.HI/c1-19-18(21-11-16-22-12-23-25(16)2)20-10-13-5-3-6-14(9-13)24-17(26)15-7-4-8-27-15;/h3,5-6,9,12,15H,4,7-8,10-11H2,1-2H3,(H,24,26)(H2,19,20,21);1H. The van der Waals surface area contributed by atoms with Crippen molar-refractivity contribution in [1.82, 2.24) is 25.4 Å². The van der Waals surface area contributed by atoms with Crippen LogP contribution in [0.15, 0.2) is 35.6 Å². The van der Waals surface area contributed by atoms with Crippen LogP contribution in [0.25, 0.3) is 0 Å². The highest BCUT2D eigenvalue weighted by atomic mass is 127. The number of guanidine groups is 1. The molecule has 1 aromatic heterocycles. The first-order chi connectivity index (χ1) is 13.2. The molecule has 2 aromatic rings. The summed E-state index contributed by atoms with van der Waals surface area (Å²) in [6.45, 7) is 1.75. The molecule has 1 atom stereocenters. The third kappa shape index (κ3) is 6.16. The fourth-order valence-corrected chi connectivity index (χ4v) is 2.82. The highest BCUT2D eigenvalue weighted by molar-refractivity contribution is 14.0. The van der Waals surface area contributed by atoms with Crippen molar-refractivity contribution in [2.24, 2.45) is 12.0 Å². The zero-order valence-corrected chi connectivity index (χ0v) is 18.3. The largest absolute Gasteiger partial charge is 0.368 e. The molecule has 3 rings (SSSR count). The molecule has 1 fully saturated rings. The fraction of sp³-hybridized carbons (Fsp3) is 0.444. The van der Waals surface area contributed by atoms with E-state index in [4.69, 9.17) is 4.74 Å². The smallest absolute Gasteiger partial charge is 0.253 e. The van der Waals surface area contributed by atoms with Crippen LogP contribution in [0.3, 0.4) is 0 Å². The van der Waals surface area contributed by atoms with Crippen LogP contribution < -0.4 is 16.0 Å². The second-order valence-electron chi connectivity index (χ2n) is 6.27. The minimum Gasteiger partial charge on any atom is -0.368 e. The number of ether oxygens (including phenoxy) is 1. The number of halogens is 1. The van der Waals surface area contributed by atoms with Gasteiger partial charge in [0.15, 0.2) is 5.96 Å². The SMILES string of the molecule is CN=C(NCc1cccc(NC(=O)C2CCCO2)c1)NCc1ncnn1C.I. The van der Waals surface area contributed by atoms with Gasteiger partial charge in [-0.15, -0.1) is 24.0 Å². The number of hydrogen-bond acceptors (Lipinski definition) is 5. The Bertz CT molecular complexity index is 803. The summed E-state index contributed by atoms with van der Waals surface area (Å²) in [5.41, 5.74) is 1.79. The Morgan fingerprint density at radius 3 is 2.86 bits per heavy atom. The van der Waals surface area contributed by atoms with Gasteiger partial charge in [0, 0.05) is 32.9 Å². The van der Waals surface area contributed by atoms with Crippen molar-refractivity contribution in [3.8, 4) is 0 Å². The van der Waals surface area contributed by atoms with Crippen LogP contribution in [-0.2, 0) is 29.7 Å². The molecular weight excluding hydrogens is 473 g/mol. The van der Waals surface area contributed by atoms with Gasteiger partial charge in [0.2, 0.25) is 0 Å². The van der Waals surface area contributed by atoms with Crippen LogP contribution >= 0.6 is 24.0 Å². The molecule has 0 spiro atoms. The first-order valence-corrected chi connectivity index (χ1v) is 8.94. The Hall–Kier alpha value is -2.21. The monoisotopic (exact) mass is 499 g/mol. The molecule has 0 saturated carbocycles. The van der Waals surface area contributed by atoms with Crippen molar-refractivity contribution in [3.05, 3.63) is 42.0 Å². The van der Waals surface area contributed by atoms with E-state index in [1.807, 2.05) is 31.3 Å². The number of anilines is 1. The minimum absolute atomic E-state index is 0. The van der Waals surface area contributed by atoms with Crippen molar-refractivity contribution >= 4 is 41.5 Å². The Morgan fingerprint density at radius 2 is 2.18 bits per heavy atom. The maximum Gasteiger partial charge on any atom is 0.253 e. The minimum atomic E-state index is -0.338. The van der Waals surface area contributed by atoms with Crippen molar-refractivity contribution < 1.29 is 9.53 Å². The molecule has 1 aliphatic heterocycles. The summed E-state index contributed by atoms with van der Waals surface area (Å²) in [4.78, 5) is 20.5. The van der Waals surface area contributed by atoms with Gasteiger partial charge in [-0.25, -0.2) is 4.98 Å². The van der Waals surface area contributed by atoms with E-state index in [0.717, 1.165) is 29.9 Å². The van der Waals surface area contributed by atoms with Gasteiger partial charge in [-0.1, -0.05) is 12.1 Å². The average molecular weight is 499 g/mol. The van der Waals surface area contributed by atoms with Crippen molar-refractivity contribution in [1.29, 1.82) is 0 Å². The molecule has 1 aromatic carbocycles. The normalized spacial score (nSPS) is 16.4. The Balaban J connectivity index is 0.00000280. The molecule has 9 nitrogen and oxygen atoms in total. The number of hydrogen-bond donors (Lipinski definition) is 3. The number of aliphatic imine (C=N–C) groups is 1. The molecule has 1 saturated heterocycles. The first-order valence-electron chi connectivity index (χ1n) is 8.94. The molecule has 28 heavy (non-hydrogen) atoms. The zero-order chi connectivity index (χ0) is 19.1. The summed E-state index contributed by atoms with van der Waals surface area (Å²) in [5, 5.41) is 13.4. The predicted molar refractivity (Wildman–Crippen MR) is 118 cm³/mol. The van der Waals surface area contributed by atoms with Crippen LogP contribution in [0.4, 0.5) is 5.69 Å².